The van der Waals surface area contributed by atoms with E-state index >= 15 is 0 Å². The van der Waals surface area contributed by atoms with Crippen molar-refractivity contribution in [2.75, 3.05) is 18.6 Å². The maximum absolute atomic E-state index is 12.7. The third kappa shape index (κ3) is 2.49. The molecule has 2 heterocycles. The fourth-order valence-electron chi connectivity index (χ4n) is 2.77. The molecule has 6 heteroatoms. The Bertz CT molecular complexity index is 610. The maximum Gasteiger partial charge on any atom is 0.274 e. The molecule has 0 saturated carbocycles. The van der Waals surface area contributed by atoms with Gasteiger partial charge in [-0.2, -0.15) is 5.10 Å². The van der Waals surface area contributed by atoms with Crippen LogP contribution in [0.5, 0.6) is 5.75 Å². The van der Waals surface area contributed by atoms with E-state index in [4.69, 9.17) is 4.74 Å². The highest BCUT2D eigenvalue weighted by atomic mass is 16.5. The lowest BCUT2D eigenvalue weighted by Gasteiger charge is -2.31. The molecule has 2 amide bonds. The first-order chi connectivity index (χ1) is 10.2. The number of nitrogens with zero attached hydrogens (tertiary/aromatic N) is 2. The van der Waals surface area contributed by atoms with E-state index < -0.39 is 0 Å². The van der Waals surface area contributed by atoms with Crippen LogP contribution in [0.15, 0.2) is 23.3 Å². The summed E-state index contributed by atoms with van der Waals surface area (Å²) in [6.07, 6.45) is 2.52. The molecular weight excluding hydrogens is 270 g/mol. The molecule has 0 saturated heterocycles. The molecule has 1 N–H and O–H groups in total. The third-order valence-electron chi connectivity index (χ3n) is 3.80. The highest BCUT2D eigenvalue weighted by Gasteiger charge is 2.30. The topological polar surface area (TPSA) is 71.0 Å². The summed E-state index contributed by atoms with van der Waals surface area (Å²) < 4.78 is 5.39. The van der Waals surface area contributed by atoms with E-state index in [0.717, 1.165) is 24.1 Å². The van der Waals surface area contributed by atoms with E-state index in [1.54, 1.807) is 12.0 Å². The summed E-state index contributed by atoms with van der Waals surface area (Å²) in [5.41, 5.74) is 4.71. The molecule has 110 valence electrons. The van der Waals surface area contributed by atoms with Gasteiger partial charge in [-0.25, -0.2) is 5.43 Å². The van der Waals surface area contributed by atoms with Crippen molar-refractivity contribution in [1.29, 1.82) is 0 Å². The van der Waals surface area contributed by atoms with E-state index in [-0.39, 0.29) is 11.8 Å². The standard InChI is InChI=1S/C15H17N3O3/c1-21-12-6-2-4-10-5-3-9-18(14(10)12)15(20)11-7-8-13(19)17-16-11/h2,4,6H,3,5,7-9H2,1H3,(H,17,19). The number of ether oxygens (including phenoxy) is 1. The van der Waals surface area contributed by atoms with Gasteiger partial charge in [0, 0.05) is 19.4 Å². The monoisotopic (exact) mass is 287 g/mol. The molecule has 21 heavy (non-hydrogen) atoms. The molecule has 1 aromatic rings. The summed E-state index contributed by atoms with van der Waals surface area (Å²) in [5.74, 6) is 0.393. The highest BCUT2D eigenvalue weighted by molar-refractivity contribution is 6.44. The molecule has 0 unspecified atom stereocenters. The second-order valence-corrected chi connectivity index (χ2v) is 5.12. The first-order valence-corrected chi connectivity index (χ1v) is 7.04. The van der Waals surface area contributed by atoms with Crippen molar-refractivity contribution in [3.63, 3.8) is 0 Å². The van der Waals surface area contributed by atoms with Crippen LogP contribution in [-0.4, -0.2) is 31.2 Å². The van der Waals surface area contributed by atoms with Crippen LogP contribution in [-0.2, 0) is 16.0 Å². The number of nitrogens with one attached hydrogen (secondary N) is 1. The molecule has 0 radical (unpaired) electrons. The number of amides is 2. The van der Waals surface area contributed by atoms with Crippen molar-refractivity contribution in [3.05, 3.63) is 23.8 Å². The van der Waals surface area contributed by atoms with Crippen LogP contribution in [0.25, 0.3) is 0 Å². The van der Waals surface area contributed by atoms with Gasteiger partial charge >= 0.3 is 0 Å². The van der Waals surface area contributed by atoms with Gasteiger partial charge in [-0.3, -0.25) is 9.59 Å². The van der Waals surface area contributed by atoms with Crippen LogP contribution < -0.4 is 15.1 Å². The Morgan fingerprint density at radius 1 is 1.33 bits per heavy atom. The summed E-state index contributed by atoms with van der Waals surface area (Å²) in [5, 5.41) is 3.90. The van der Waals surface area contributed by atoms with E-state index in [0.29, 0.717) is 30.8 Å². The third-order valence-corrected chi connectivity index (χ3v) is 3.80. The van der Waals surface area contributed by atoms with Gasteiger partial charge in [0.1, 0.15) is 11.5 Å². The second-order valence-electron chi connectivity index (χ2n) is 5.12. The van der Waals surface area contributed by atoms with Gasteiger partial charge in [0.25, 0.3) is 5.91 Å². The Morgan fingerprint density at radius 3 is 2.90 bits per heavy atom. The van der Waals surface area contributed by atoms with Crippen molar-refractivity contribution in [1.82, 2.24) is 5.43 Å². The molecule has 0 atom stereocenters. The van der Waals surface area contributed by atoms with Gasteiger partial charge in [0.15, 0.2) is 0 Å². The average Bonchev–Trinajstić information content (AvgIpc) is 2.53. The lowest BCUT2D eigenvalue weighted by molar-refractivity contribution is -0.121. The average molecular weight is 287 g/mol. The van der Waals surface area contributed by atoms with E-state index in [2.05, 4.69) is 10.5 Å². The molecule has 0 aromatic heterocycles. The molecule has 0 bridgehead atoms. The summed E-state index contributed by atoms with van der Waals surface area (Å²) in [7, 11) is 1.60. The first kappa shape index (κ1) is 13.6. The number of hydrogen-bond acceptors (Lipinski definition) is 4. The van der Waals surface area contributed by atoms with Crippen LogP contribution in [0.1, 0.15) is 24.8 Å². The molecule has 3 rings (SSSR count). The van der Waals surface area contributed by atoms with Crippen LogP contribution in [0, 0.1) is 0 Å². The quantitative estimate of drug-likeness (QED) is 0.889. The lowest BCUT2D eigenvalue weighted by Crippen LogP contribution is -2.42. The van der Waals surface area contributed by atoms with Crippen molar-refractivity contribution in [2.24, 2.45) is 5.10 Å². The van der Waals surface area contributed by atoms with Crippen LogP contribution in [0.3, 0.4) is 0 Å². The number of aryl methyl sites for hydroxylation is 1. The number of methoxy groups -OCH3 is 1. The van der Waals surface area contributed by atoms with Crippen molar-refractivity contribution in [2.45, 2.75) is 25.7 Å². The Kier molecular flexibility index (Phi) is 3.60. The van der Waals surface area contributed by atoms with E-state index in [1.807, 2.05) is 18.2 Å². The first-order valence-electron chi connectivity index (χ1n) is 7.04. The minimum atomic E-state index is -0.152. The zero-order chi connectivity index (χ0) is 14.8. The Labute approximate surface area is 122 Å². The molecular formula is C15H17N3O3. The van der Waals surface area contributed by atoms with Crippen molar-refractivity contribution in [3.8, 4) is 5.75 Å². The lowest BCUT2D eigenvalue weighted by atomic mass is 10.00. The normalized spacial score (nSPS) is 17.7. The van der Waals surface area contributed by atoms with Gasteiger partial charge in [0.05, 0.1) is 12.8 Å². The maximum atomic E-state index is 12.7. The predicted octanol–water partition coefficient (Wildman–Crippen LogP) is 1.24. The van der Waals surface area contributed by atoms with Crippen molar-refractivity contribution >= 4 is 23.2 Å². The smallest absolute Gasteiger partial charge is 0.274 e. The molecule has 2 aliphatic heterocycles. The molecule has 0 fully saturated rings. The zero-order valence-electron chi connectivity index (χ0n) is 11.9. The Morgan fingerprint density at radius 2 is 2.19 bits per heavy atom. The number of rotatable bonds is 2. The number of carbonyl (C=O) groups is 2. The minimum Gasteiger partial charge on any atom is -0.495 e. The Balaban J connectivity index is 1.95. The van der Waals surface area contributed by atoms with Crippen LogP contribution in [0.2, 0.25) is 0 Å². The fraction of sp³-hybridized carbons (Fsp3) is 0.400. The van der Waals surface area contributed by atoms with E-state index in [1.165, 1.54) is 0 Å². The fourth-order valence-corrected chi connectivity index (χ4v) is 2.77. The second kappa shape index (κ2) is 5.55. The Hall–Kier alpha value is -2.37. The predicted molar refractivity (Wildman–Crippen MR) is 78.5 cm³/mol. The van der Waals surface area contributed by atoms with Gasteiger partial charge in [-0.1, -0.05) is 12.1 Å². The van der Waals surface area contributed by atoms with E-state index in [9.17, 15) is 9.59 Å². The highest BCUT2D eigenvalue weighted by Crippen LogP contribution is 2.36. The molecule has 2 aliphatic rings. The molecule has 0 aliphatic carbocycles. The molecule has 0 spiro atoms. The molecule has 1 aromatic carbocycles. The summed E-state index contributed by atoms with van der Waals surface area (Å²) >= 11 is 0. The number of carbonyl (C=O) groups excluding carboxylic acids is 2. The number of hydrazone groups is 1. The van der Waals surface area contributed by atoms with Crippen LogP contribution >= 0.6 is 0 Å². The summed E-state index contributed by atoms with van der Waals surface area (Å²) in [6.45, 7) is 0.638. The number of benzene rings is 1. The minimum absolute atomic E-state index is 0.150. The van der Waals surface area contributed by atoms with Gasteiger partial charge < -0.3 is 9.64 Å². The number of para-hydroxylation sites is 1. The summed E-state index contributed by atoms with van der Waals surface area (Å²) in [6, 6.07) is 5.81. The number of fused-ring (bicyclic) bond motifs is 1. The van der Waals surface area contributed by atoms with Crippen molar-refractivity contribution < 1.29 is 14.3 Å². The zero-order valence-corrected chi connectivity index (χ0v) is 11.9. The van der Waals surface area contributed by atoms with Gasteiger partial charge in [-0.15, -0.1) is 0 Å². The van der Waals surface area contributed by atoms with Gasteiger partial charge in [-0.05, 0) is 24.5 Å². The van der Waals surface area contributed by atoms with Gasteiger partial charge in [0.2, 0.25) is 5.91 Å². The van der Waals surface area contributed by atoms with Crippen LogP contribution in [0.4, 0.5) is 5.69 Å². The number of anilines is 1. The number of hydrogen-bond donors (Lipinski definition) is 1. The SMILES string of the molecule is COc1cccc2c1N(C(=O)C1=NNC(=O)CC1)CCC2. The largest absolute Gasteiger partial charge is 0.495 e. The molecule has 6 nitrogen and oxygen atoms in total. The summed E-state index contributed by atoms with van der Waals surface area (Å²) in [4.78, 5) is 25.5.